The molecule has 0 bridgehead atoms. The minimum Gasteiger partial charge on any atom is -0.311 e. The lowest BCUT2D eigenvalue weighted by Gasteiger charge is -2.06. The first-order valence-electron chi connectivity index (χ1n) is 6.77. The number of aromatic nitrogens is 7. The number of rotatable bonds is 3. The third kappa shape index (κ3) is 2.64. The molecule has 0 aliphatic heterocycles. The Morgan fingerprint density at radius 1 is 1.13 bits per heavy atom. The van der Waals surface area contributed by atoms with Gasteiger partial charge in [-0.1, -0.05) is 0 Å². The van der Waals surface area contributed by atoms with Crippen molar-refractivity contribution < 1.29 is 0 Å². The average Bonchev–Trinajstić information content (AvgIpc) is 3.00. The van der Waals surface area contributed by atoms with Gasteiger partial charge in [-0.15, -0.1) is 10.2 Å². The second-order valence-electron chi connectivity index (χ2n) is 4.74. The van der Waals surface area contributed by atoms with Gasteiger partial charge >= 0.3 is 0 Å². The van der Waals surface area contributed by atoms with Crippen LogP contribution in [0, 0.1) is 6.20 Å². The van der Waals surface area contributed by atoms with Gasteiger partial charge in [-0.25, -0.2) is 9.97 Å². The van der Waals surface area contributed by atoms with Crippen molar-refractivity contribution in [3.63, 3.8) is 0 Å². The lowest BCUT2D eigenvalue weighted by molar-refractivity contribution is 0.788. The maximum atomic E-state index is 4.35. The Morgan fingerprint density at radius 2 is 2.09 bits per heavy atom. The summed E-state index contributed by atoms with van der Waals surface area (Å²) in [6, 6.07) is 5.97. The summed E-state index contributed by atoms with van der Waals surface area (Å²) in [5, 5.41) is 9.69. The zero-order chi connectivity index (χ0) is 15.6. The van der Waals surface area contributed by atoms with E-state index < -0.39 is 0 Å². The van der Waals surface area contributed by atoms with Gasteiger partial charge in [0.05, 0.1) is 5.52 Å². The van der Waals surface area contributed by atoms with Crippen LogP contribution in [0.1, 0.15) is 0 Å². The van der Waals surface area contributed by atoms with Crippen LogP contribution in [0.5, 0.6) is 0 Å². The van der Waals surface area contributed by atoms with E-state index in [0.717, 1.165) is 21.0 Å². The molecule has 0 aliphatic rings. The van der Waals surface area contributed by atoms with Crippen molar-refractivity contribution in [2.75, 3.05) is 0 Å². The molecular formula is C15H10N7S. The van der Waals surface area contributed by atoms with E-state index in [4.69, 9.17) is 0 Å². The molecule has 111 valence electrons. The molecule has 23 heavy (non-hydrogen) atoms. The van der Waals surface area contributed by atoms with E-state index >= 15 is 0 Å². The summed E-state index contributed by atoms with van der Waals surface area (Å²) in [7, 11) is 1.91. The zero-order valence-electron chi connectivity index (χ0n) is 12.1. The Hall–Kier alpha value is -2.87. The first-order valence-corrected chi connectivity index (χ1v) is 7.58. The molecule has 0 N–H and O–H groups in total. The normalized spacial score (nSPS) is 11.0. The fourth-order valence-electron chi connectivity index (χ4n) is 2.14. The van der Waals surface area contributed by atoms with Gasteiger partial charge in [0, 0.05) is 29.7 Å². The van der Waals surface area contributed by atoms with Crippen LogP contribution in [0.4, 0.5) is 0 Å². The molecule has 0 saturated carbocycles. The maximum Gasteiger partial charge on any atom is 0.195 e. The van der Waals surface area contributed by atoms with Crippen LogP contribution in [-0.4, -0.2) is 34.7 Å². The summed E-state index contributed by atoms with van der Waals surface area (Å²) in [5.41, 5.74) is 2.15. The number of aryl methyl sites for hydroxylation is 1. The van der Waals surface area contributed by atoms with Crippen molar-refractivity contribution in [3.05, 3.63) is 49.4 Å². The summed E-state index contributed by atoms with van der Waals surface area (Å²) < 4.78 is 1.87. The van der Waals surface area contributed by atoms with Gasteiger partial charge < -0.3 is 4.57 Å². The molecule has 0 aliphatic carbocycles. The Balaban J connectivity index is 1.83. The lowest BCUT2D eigenvalue weighted by atomic mass is 10.1. The second-order valence-corrected chi connectivity index (χ2v) is 5.79. The predicted octanol–water partition coefficient (Wildman–Crippen LogP) is 2.17. The predicted molar refractivity (Wildman–Crippen MR) is 84.5 cm³/mol. The molecule has 8 heteroatoms. The van der Waals surface area contributed by atoms with Crippen molar-refractivity contribution in [3.8, 4) is 11.4 Å². The molecule has 0 saturated heterocycles. The largest absolute Gasteiger partial charge is 0.311 e. The van der Waals surface area contributed by atoms with Crippen molar-refractivity contribution in [1.29, 1.82) is 0 Å². The van der Waals surface area contributed by atoms with Gasteiger partial charge in [-0.3, -0.25) is 9.97 Å². The number of hydrogen-bond acceptors (Lipinski definition) is 7. The van der Waals surface area contributed by atoms with Crippen LogP contribution in [0.2, 0.25) is 0 Å². The summed E-state index contributed by atoms with van der Waals surface area (Å²) in [5.74, 6) is 0. The highest BCUT2D eigenvalue weighted by molar-refractivity contribution is 7.99. The van der Waals surface area contributed by atoms with E-state index in [1.54, 1.807) is 18.7 Å². The fraction of sp³-hybridized carbons (Fsp3) is 0.0667. The molecular weight excluding hydrogens is 310 g/mol. The van der Waals surface area contributed by atoms with Crippen molar-refractivity contribution >= 4 is 22.7 Å². The fourth-order valence-corrected chi connectivity index (χ4v) is 2.94. The molecule has 7 nitrogen and oxygen atoms in total. The van der Waals surface area contributed by atoms with Crippen LogP contribution in [0.3, 0.4) is 0 Å². The molecule has 0 fully saturated rings. The van der Waals surface area contributed by atoms with E-state index in [2.05, 4.69) is 36.3 Å². The van der Waals surface area contributed by atoms with Crippen LogP contribution >= 0.6 is 11.8 Å². The Kier molecular flexibility index (Phi) is 3.43. The van der Waals surface area contributed by atoms with E-state index in [-0.39, 0.29) is 0 Å². The quantitative estimate of drug-likeness (QED) is 0.572. The maximum absolute atomic E-state index is 4.35. The average molecular weight is 320 g/mol. The molecule has 4 rings (SSSR count). The Bertz CT molecular complexity index is 968. The number of hydrogen-bond donors (Lipinski definition) is 0. The second kappa shape index (κ2) is 5.73. The lowest BCUT2D eigenvalue weighted by Crippen LogP contribution is -1.93. The number of fused-ring (bicyclic) bond motifs is 1. The molecule has 1 radical (unpaired) electrons. The summed E-state index contributed by atoms with van der Waals surface area (Å²) in [6.45, 7) is 0. The van der Waals surface area contributed by atoms with E-state index in [1.165, 1.54) is 18.1 Å². The molecule has 0 amide bonds. The van der Waals surface area contributed by atoms with Crippen LogP contribution in [-0.2, 0) is 7.05 Å². The van der Waals surface area contributed by atoms with Gasteiger partial charge in [-0.2, -0.15) is 0 Å². The van der Waals surface area contributed by atoms with Gasteiger partial charge in [0.2, 0.25) is 0 Å². The van der Waals surface area contributed by atoms with Crippen molar-refractivity contribution in [2.24, 2.45) is 7.05 Å². The highest BCUT2D eigenvalue weighted by atomic mass is 32.2. The van der Waals surface area contributed by atoms with Crippen LogP contribution in [0.25, 0.3) is 22.3 Å². The van der Waals surface area contributed by atoms with E-state index in [1.807, 2.05) is 29.8 Å². The standard InChI is InChI=1S/C15H10N7S/c1-22-9-20-21-15(22)23-10-2-3-12-11(6-10)14(19-8-18-12)13-7-16-4-5-17-13/h2-6,8-9H,1H3. The number of benzene rings is 1. The van der Waals surface area contributed by atoms with Crippen molar-refractivity contribution in [1.82, 2.24) is 34.7 Å². The molecule has 0 atom stereocenters. The highest BCUT2D eigenvalue weighted by Gasteiger charge is 2.10. The third-order valence-corrected chi connectivity index (χ3v) is 4.27. The van der Waals surface area contributed by atoms with Gasteiger partial charge in [0.15, 0.2) is 5.16 Å². The monoisotopic (exact) mass is 320 g/mol. The van der Waals surface area contributed by atoms with Crippen LogP contribution in [0.15, 0.2) is 53.3 Å². The summed E-state index contributed by atoms with van der Waals surface area (Å²) >= 11 is 1.53. The molecule has 3 heterocycles. The van der Waals surface area contributed by atoms with E-state index in [0.29, 0.717) is 11.4 Å². The highest BCUT2D eigenvalue weighted by Crippen LogP contribution is 2.30. The van der Waals surface area contributed by atoms with E-state index in [9.17, 15) is 0 Å². The van der Waals surface area contributed by atoms with Gasteiger partial charge in [0.25, 0.3) is 0 Å². The SMILES string of the molecule is Cn1cnnc1Sc1ccc2ncnc(-c3[c]nccn3)c2c1. The van der Waals surface area contributed by atoms with Gasteiger partial charge in [-0.05, 0) is 30.0 Å². The number of nitrogens with zero attached hydrogens (tertiary/aromatic N) is 7. The van der Waals surface area contributed by atoms with Crippen molar-refractivity contribution in [2.45, 2.75) is 10.1 Å². The zero-order valence-corrected chi connectivity index (χ0v) is 12.9. The molecule has 1 aromatic carbocycles. The summed E-state index contributed by atoms with van der Waals surface area (Å²) in [6.07, 6.45) is 9.27. The first-order chi connectivity index (χ1) is 11.3. The molecule has 0 spiro atoms. The van der Waals surface area contributed by atoms with Crippen LogP contribution < -0.4 is 0 Å². The smallest absolute Gasteiger partial charge is 0.195 e. The molecule has 4 aromatic rings. The van der Waals surface area contributed by atoms with Gasteiger partial charge in [0.1, 0.15) is 30.2 Å². The Morgan fingerprint density at radius 3 is 2.87 bits per heavy atom. The summed E-state index contributed by atoms with van der Waals surface area (Å²) in [4.78, 5) is 17.9. The molecule has 0 unspecified atom stereocenters. The minimum absolute atomic E-state index is 0.598. The Labute approximate surface area is 135 Å². The minimum atomic E-state index is 0.598. The third-order valence-electron chi connectivity index (χ3n) is 3.23. The molecule has 3 aromatic heterocycles. The topological polar surface area (TPSA) is 82.3 Å². The first kappa shape index (κ1) is 13.8.